The van der Waals surface area contributed by atoms with Gasteiger partial charge in [0.05, 0.1) is 21.7 Å². The van der Waals surface area contributed by atoms with Crippen LogP contribution in [0.25, 0.3) is 10.2 Å². The van der Waals surface area contributed by atoms with Gasteiger partial charge in [-0.15, -0.1) is 12.4 Å². The summed E-state index contributed by atoms with van der Waals surface area (Å²) in [6, 6.07) is 10.2. The van der Waals surface area contributed by atoms with Crippen molar-refractivity contribution < 1.29 is 14.5 Å². The zero-order valence-corrected chi connectivity index (χ0v) is 19.5. The van der Waals surface area contributed by atoms with Crippen LogP contribution in [0.3, 0.4) is 0 Å². The molecule has 0 aliphatic heterocycles. The van der Waals surface area contributed by atoms with Crippen molar-refractivity contribution in [1.82, 2.24) is 9.88 Å². The molecule has 31 heavy (non-hydrogen) atoms. The molecule has 0 N–H and O–H groups in total. The van der Waals surface area contributed by atoms with E-state index in [1.165, 1.54) is 23.5 Å². The quantitative estimate of drug-likeness (QED) is 0.359. The number of anilines is 1. The molecule has 0 spiro atoms. The first-order valence-electron chi connectivity index (χ1n) is 9.55. The molecule has 0 saturated carbocycles. The van der Waals surface area contributed by atoms with Crippen LogP contribution in [0.2, 0.25) is 0 Å². The maximum atomic E-state index is 13.4. The zero-order valence-electron chi connectivity index (χ0n) is 17.8. The number of benzene rings is 2. The molecule has 8 nitrogen and oxygen atoms in total. The molecule has 3 aromatic rings. The highest BCUT2D eigenvalue weighted by atomic mass is 35.5. The fourth-order valence-electron chi connectivity index (χ4n) is 3.05. The lowest BCUT2D eigenvalue weighted by Gasteiger charge is -2.22. The smallest absolute Gasteiger partial charge is 0.273 e. The Balaban J connectivity index is 0.00000341. The lowest BCUT2D eigenvalue weighted by Crippen LogP contribution is -2.37. The van der Waals surface area contributed by atoms with Crippen LogP contribution in [0.4, 0.5) is 10.8 Å². The van der Waals surface area contributed by atoms with Crippen molar-refractivity contribution in [2.75, 3.05) is 38.7 Å². The molecule has 0 aliphatic rings. The summed E-state index contributed by atoms with van der Waals surface area (Å²) in [5.41, 5.74) is 1.36. The minimum Gasteiger partial charge on any atom is -0.494 e. The SMILES string of the molecule is CCOc1ccc2nc(N(CCN(C)C)C(=O)c3cccc([N+](=O)[O-])c3C)sc2c1.Cl. The van der Waals surface area contributed by atoms with Gasteiger partial charge in [0.15, 0.2) is 5.13 Å². The predicted octanol–water partition coefficient (Wildman–Crippen LogP) is 4.54. The van der Waals surface area contributed by atoms with Gasteiger partial charge in [-0.25, -0.2) is 4.98 Å². The van der Waals surface area contributed by atoms with Crippen LogP contribution in [-0.2, 0) is 0 Å². The number of fused-ring (bicyclic) bond motifs is 1. The standard InChI is InChI=1S/C21H24N4O4S.ClH/c1-5-29-15-9-10-17-19(13-15)30-21(22-17)24(12-11-23(3)4)20(26)16-7-6-8-18(14(16)2)25(27)28;/h6-10,13H,5,11-12H2,1-4H3;1H. The Labute approximate surface area is 191 Å². The van der Waals surface area contributed by atoms with Gasteiger partial charge in [0.1, 0.15) is 5.75 Å². The lowest BCUT2D eigenvalue weighted by molar-refractivity contribution is -0.385. The van der Waals surface area contributed by atoms with Gasteiger partial charge in [-0.1, -0.05) is 17.4 Å². The largest absolute Gasteiger partial charge is 0.494 e. The normalized spacial score (nSPS) is 10.7. The fraction of sp³-hybridized carbons (Fsp3) is 0.333. The van der Waals surface area contributed by atoms with E-state index in [-0.39, 0.29) is 24.0 Å². The molecule has 1 heterocycles. The Morgan fingerprint density at radius 3 is 2.61 bits per heavy atom. The summed E-state index contributed by atoms with van der Waals surface area (Å²) >= 11 is 1.40. The van der Waals surface area contributed by atoms with Crippen LogP contribution in [0.1, 0.15) is 22.8 Å². The van der Waals surface area contributed by atoms with Crippen molar-refractivity contribution in [2.24, 2.45) is 0 Å². The number of ether oxygens (including phenoxy) is 1. The Kier molecular flexibility index (Phi) is 8.32. The first kappa shape index (κ1) is 24.5. The van der Waals surface area contributed by atoms with Gasteiger partial charge < -0.3 is 9.64 Å². The molecule has 166 valence electrons. The number of rotatable bonds is 8. The number of nitrogens with zero attached hydrogens (tertiary/aromatic N) is 4. The highest BCUT2D eigenvalue weighted by molar-refractivity contribution is 7.22. The van der Waals surface area contributed by atoms with Crippen molar-refractivity contribution in [3.63, 3.8) is 0 Å². The number of likely N-dealkylation sites (N-methyl/N-ethyl adjacent to an activating group) is 1. The molecule has 10 heteroatoms. The van der Waals surface area contributed by atoms with Crippen molar-refractivity contribution in [3.05, 3.63) is 57.6 Å². The number of hydrogen-bond donors (Lipinski definition) is 0. The average molecular weight is 465 g/mol. The summed E-state index contributed by atoms with van der Waals surface area (Å²) in [5, 5.41) is 11.9. The third kappa shape index (κ3) is 5.49. The van der Waals surface area contributed by atoms with E-state index in [9.17, 15) is 14.9 Å². The van der Waals surface area contributed by atoms with E-state index in [2.05, 4.69) is 4.98 Å². The number of nitro benzene ring substituents is 1. The van der Waals surface area contributed by atoms with E-state index in [1.54, 1.807) is 17.9 Å². The maximum absolute atomic E-state index is 13.4. The van der Waals surface area contributed by atoms with E-state index < -0.39 is 4.92 Å². The Bertz CT molecular complexity index is 1090. The number of aromatic nitrogens is 1. The summed E-state index contributed by atoms with van der Waals surface area (Å²) in [7, 11) is 3.85. The highest BCUT2D eigenvalue weighted by Gasteiger charge is 2.25. The van der Waals surface area contributed by atoms with Crippen molar-refractivity contribution in [2.45, 2.75) is 13.8 Å². The van der Waals surface area contributed by atoms with Crippen LogP contribution < -0.4 is 9.64 Å². The molecule has 3 rings (SSSR count). The van der Waals surface area contributed by atoms with Gasteiger partial charge in [0.2, 0.25) is 0 Å². The van der Waals surface area contributed by atoms with Crippen molar-refractivity contribution >= 4 is 50.7 Å². The number of carbonyl (C=O) groups excluding carboxylic acids is 1. The molecule has 0 unspecified atom stereocenters. The van der Waals surface area contributed by atoms with Crippen molar-refractivity contribution in [1.29, 1.82) is 0 Å². The molecule has 0 atom stereocenters. The number of thiazole rings is 1. The molecule has 0 fully saturated rings. The van der Waals surface area contributed by atoms with Gasteiger partial charge in [-0.2, -0.15) is 0 Å². The molecule has 0 saturated heterocycles. The number of halogens is 1. The molecule has 0 bridgehead atoms. The molecule has 0 radical (unpaired) electrons. The number of hydrogen-bond acceptors (Lipinski definition) is 7. The summed E-state index contributed by atoms with van der Waals surface area (Å²) in [4.78, 5) is 32.5. The van der Waals surface area contributed by atoms with Crippen LogP contribution >= 0.6 is 23.7 Å². The minimum atomic E-state index is -0.469. The minimum absolute atomic E-state index is 0. The summed E-state index contributed by atoms with van der Waals surface area (Å²) in [6.07, 6.45) is 0. The Hall–Kier alpha value is -2.75. The molecule has 0 aliphatic carbocycles. The first-order chi connectivity index (χ1) is 14.3. The second-order valence-electron chi connectivity index (χ2n) is 7.03. The van der Waals surface area contributed by atoms with Gasteiger partial charge >= 0.3 is 0 Å². The molecular weight excluding hydrogens is 440 g/mol. The highest BCUT2D eigenvalue weighted by Crippen LogP contribution is 2.33. The fourth-order valence-corrected chi connectivity index (χ4v) is 4.07. The second kappa shape index (κ2) is 10.5. The zero-order chi connectivity index (χ0) is 21.8. The topological polar surface area (TPSA) is 88.8 Å². The predicted molar refractivity (Wildman–Crippen MR) is 126 cm³/mol. The van der Waals surface area contributed by atoms with E-state index >= 15 is 0 Å². The van der Waals surface area contributed by atoms with Crippen LogP contribution in [0, 0.1) is 17.0 Å². The second-order valence-corrected chi connectivity index (χ2v) is 8.03. The van der Waals surface area contributed by atoms with Crippen LogP contribution in [-0.4, -0.2) is 54.5 Å². The van der Waals surface area contributed by atoms with Gasteiger partial charge in [-0.3, -0.25) is 19.8 Å². The van der Waals surface area contributed by atoms with Gasteiger partial charge in [0, 0.05) is 30.3 Å². The third-order valence-electron chi connectivity index (χ3n) is 4.64. The lowest BCUT2D eigenvalue weighted by atomic mass is 10.1. The number of amides is 1. The van der Waals surface area contributed by atoms with E-state index in [0.29, 0.717) is 36.0 Å². The Morgan fingerprint density at radius 2 is 1.97 bits per heavy atom. The van der Waals surface area contributed by atoms with E-state index in [0.717, 1.165) is 16.0 Å². The molecule has 2 aromatic carbocycles. The molecule has 1 aromatic heterocycles. The summed E-state index contributed by atoms with van der Waals surface area (Å²) in [6.45, 7) is 5.12. The van der Waals surface area contributed by atoms with E-state index in [4.69, 9.17) is 4.74 Å². The average Bonchev–Trinajstić information content (AvgIpc) is 3.11. The maximum Gasteiger partial charge on any atom is 0.273 e. The molecule has 1 amide bonds. The first-order valence-corrected chi connectivity index (χ1v) is 10.4. The summed E-state index contributed by atoms with van der Waals surface area (Å²) < 4.78 is 6.47. The Morgan fingerprint density at radius 1 is 1.23 bits per heavy atom. The van der Waals surface area contributed by atoms with Crippen LogP contribution in [0.5, 0.6) is 5.75 Å². The summed E-state index contributed by atoms with van der Waals surface area (Å²) in [5.74, 6) is 0.447. The van der Waals surface area contributed by atoms with E-state index in [1.807, 2.05) is 44.1 Å². The van der Waals surface area contributed by atoms with Crippen molar-refractivity contribution in [3.8, 4) is 5.75 Å². The van der Waals surface area contributed by atoms with Crippen LogP contribution in [0.15, 0.2) is 36.4 Å². The number of carbonyl (C=O) groups is 1. The molecular formula is C21H25ClN4O4S. The van der Waals surface area contributed by atoms with Gasteiger partial charge in [0.25, 0.3) is 11.6 Å². The van der Waals surface area contributed by atoms with Gasteiger partial charge in [-0.05, 0) is 52.2 Å². The third-order valence-corrected chi connectivity index (χ3v) is 5.68. The monoisotopic (exact) mass is 464 g/mol. The number of nitro groups is 1.